The van der Waals surface area contributed by atoms with Crippen LogP contribution in [0.15, 0.2) is 12.2 Å². The van der Waals surface area contributed by atoms with Gasteiger partial charge in [0.2, 0.25) is 0 Å². The van der Waals surface area contributed by atoms with E-state index in [1.54, 1.807) is 6.92 Å². The van der Waals surface area contributed by atoms with E-state index in [1.807, 2.05) is 6.92 Å². The Bertz CT molecular complexity index is 253. The number of imide groups is 1. The van der Waals surface area contributed by atoms with Gasteiger partial charge in [0, 0.05) is 12.2 Å². The molecule has 1 rings (SSSR count). The lowest BCUT2D eigenvalue weighted by Gasteiger charge is -2.28. The molecular weight excluding hydrogens is 182 g/mol. The van der Waals surface area contributed by atoms with Crippen molar-refractivity contribution >= 4 is 11.8 Å². The summed E-state index contributed by atoms with van der Waals surface area (Å²) < 4.78 is 0. The first kappa shape index (κ1) is 10.9. The number of aliphatic hydroxyl groups is 1. The molecule has 1 heterocycles. The highest BCUT2D eigenvalue weighted by molar-refractivity contribution is 6.13. The Morgan fingerprint density at radius 2 is 1.86 bits per heavy atom. The predicted molar refractivity (Wildman–Crippen MR) is 51.4 cm³/mol. The van der Waals surface area contributed by atoms with Crippen LogP contribution in [0.5, 0.6) is 0 Å². The maximum Gasteiger partial charge on any atom is 0.253 e. The Morgan fingerprint density at radius 1 is 1.36 bits per heavy atom. The van der Waals surface area contributed by atoms with Gasteiger partial charge in [0.15, 0.2) is 0 Å². The Labute approximate surface area is 83.2 Å². The molecule has 4 heteroatoms. The van der Waals surface area contributed by atoms with E-state index in [-0.39, 0.29) is 11.8 Å². The van der Waals surface area contributed by atoms with Gasteiger partial charge in [-0.1, -0.05) is 13.3 Å². The normalized spacial score (nSPS) is 20.4. The first-order valence-corrected chi connectivity index (χ1v) is 4.81. The van der Waals surface area contributed by atoms with Crippen molar-refractivity contribution < 1.29 is 14.7 Å². The highest BCUT2D eigenvalue weighted by Gasteiger charge is 2.32. The molecule has 2 atom stereocenters. The maximum atomic E-state index is 11.3. The van der Waals surface area contributed by atoms with Crippen LogP contribution in [0.3, 0.4) is 0 Å². The topological polar surface area (TPSA) is 57.6 Å². The van der Waals surface area contributed by atoms with E-state index in [1.165, 1.54) is 12.2 Å². The Kier molecular flexibility index (Phi) is 3.41. The first-order chi connectivity index (χ1) is 6.57. The molecule has 0 radical (unpaired) electrons. The smallest absolute Gasteiger partial charge is 0.253 e. The summed E-state index contributed by atoms with van der Waals surface area (Å²) in [5.41, 5.74) is 0. The quantitative estimate of drug-likeness (QED) is 0.666. The summed E-state index contributed by atoms with van der Waals surface area (Å²) in [4.78, 5) is 23.8. The lowest BCUT2D eigenvalue weighted by Crippen LogP contribution is -2.45. The Hall–Kier alpha value is -1.16. The standard InChI is InChI=1S/C10H15NO3/c1-3-4-8(7(2)12)11-9(13)5-6-10(11)14/h5-8,12H,3-4H2,1-2H3. The number of rotatable bonds is 4. The highest BCUT2D eigenvalue weighted by atomic mass is 16.3. The fraction of sp³-hybridized carbons (Fsp3) is 0.600. The van der Waals surface area contributed by atoms with E-state index in [9.17, 15) is 14.7 Å². The molecule has 1 N–H and O–H groups in total. The van der Waals surface area contributed by atoms with Crippen molar-refractivity contribution in [3.8, 4) is 0 Å². The van der Waals surface area contributed by atoms with Gasteiger partial charge in [0.1, 0.15) is 0 Å². The van der Waals surface area contributed by atoms with Gasteiger partial charge in [-0.15, -0.1) is 0 Å². The molecule has 2 amide bonds. The van der Waals surface area contributed by atoms with Crippen LogP contribution in [0.2, 0.25) is 0 Å². The summed E-state index contributed by atoms with van der Waals surface area (Å²) in [5.74, 6) is -0.649. The van der Waals surface area contributed by atoms with Crippen molar-refractivity contribution in [3.63, 3.8) is 0 Å². The first-order valence-electron chi connectivity index (χ1n) is 4.81. The zero-order chi connectivity index (χ0) is 10.7. The van der Waals surface area contributed by atoms with Crippen molar-refractivity contribution in [2.24, 2.45) is 0 Å². The lowest BCUT2D eigenvalue weighted by atomic mass is 10.1. The summed E-state index contributed by atoms with van der Waals surface area (Å²) in [6.45, 7) is 3.55. The van der Waals surface area contributed by atoms with Crippen LogP contribution >= 0.6 is 0 Å². The summed E-state index contributed by atoms with van der Waals surface area (Å²) in [6, 6.07) is -0.394. The second kappa shape index (κ2) is 4.37. The minimum absolute atomic E-state index is 0.325. The zero-order valence-electron chi connectivity index (χ0n) is 8.43. The van der Waals surface area contributed by atoms with E-state index in [0.29, 0.717) is 6.42 Å². The van der Waals surface area contributed by atoms with Gasteiger partial charge >= 0.3 is 0 Å². The second-order valence-electron chi connectivity index (χ2n) is 3.48. The van der Waals surface area contributed by atoms with Gasteiger partial charge < -0.3 is 5.11 Å². The molecule has 1 aliphatic heterocycles. The van der Waals surface area contributed by atoms with Crippen LogP contribution in [0.25, 0.3) is 0 Å². The van der Waals surface area contributed by atoms with E-state index in [2.05, 4.69) is 0 Å². The third-order valence-corrected chi connectivity index (χ3v) is 2.32. The predicted octanol–water partition coefficient (Wildman–Crippen LogP) is 0.461. The van der Waals surface area contributed by atoms with Gasteiger partial charge in [-0.25, -0.2) is 0 Å². The summed E-state index contributed by atoms with van der Waals surface area (Å²) in [6.07, 6.45) is 3.27. The van der Waals surface area contributed by atoms with Gasteiger partial charge in [-0.05, 0) is 13.3 Å². The van der Waals surface area contributed by atoms with E-state index in [4.69, 9.17) is 0 Å². The van der Waals surface area contributed by atoms with Crippen molar-refractivity contribution in [2.75, 3.05) is 0 Å². The molecule has 14 heavy (non-hydrogen) atoms. The fourth-order valence-corrected chi connectivity index (χ4v) is 1.62. The molecule has 0 saturated carbocycles. The minimum Gasteiger partial charge on any atom is -0.391 e. The monoisotopic (exact) mass is 197 g/mol. The molecule has 0 spiro atoms. The number of aliphatic hydroxyl groups excluding tert-OH is 1. The molecule has 4 nitrogen and oxygen atoms in total. The van der Waals surface area contributed by atoms with Crippen LogP contribution in [0.4, 0.5) is 0 Å². The number of carbonyl (C=O) groups excluding carboxylic acids is 2. The SMILES string of the molecule is CCCC(C(C)O)N1C(=O)C=CC1=O. The third kappa shape index (κ3) is 2.01. The fourth-order valence-electron chi connectivity index (χ4n) is 1.62. The molecule has 0 bridgehead atoms. The molecule has 2 unspecified atom stereocenters. The molecule has 0 fully saturated rings. The van der Waals surface area contributed by atoms with Gasteiger partial charge in [-0.3, -0.25) is 14.5 Å². The van der Waals surface area contributed by atoms with Crippen LogP contribution in [-0.2, 0) is 9.59 Å². The molecular formula is C10H15NO3. The number of nitrogens with zero attached hydrogens (tertiary/aromatic N) is 1. The summed E-state index contributed by atoms with van der Waals surface area (Å²) in [5, 5.41) is 9.47. The van der Waals surface area contributed by atoms with Crippen LogP contribution in [0.1, 0.15) is 26.7 Å². The average molecular weight is 197 g/mol. The van der Waals surface area contributed by atoms with Crippen LogP contribution in [-0.4, -0.2) is 34.0 Å². The van der Waals surface area contributed by atoms with Crippen molar-refractivity contribution in [2.45, 2.75) is 38.8 Å². The second-order valence-corrected chi connectivity index (χ2v) is 3.48. The minimum atomic E-state index is -0.678. The molecule has 0 aromatic heterocycles. The number of hydrogen-bond acceptors (Lipinski definition) is 3. The van der Waals surface area contributed by atoms with Crippen LogP contribution in [0, 0.1) is 0 Å². The van der Waals surface area contributed by atoms with Crippen molar-refractivity contribution in [1.29, 1.82) is 0 Å². The number of hydrogen-bond donors (Lipinski definition) is 1. The van der Waals surface area contributed by atoms with Gasteiger partial charge in [-0.2, -0.15) is 0 Å². The summed E-state index contributed by atoms with van der Waals surface area (Å²) in [7, 11) is 0. The van der Waals surface area contributed by atoms with E-state index >= 15 is 0 Å². The van der Waals surface area contributed by atoms with Crippen molar-refractivity contribution in [1.82, 2.24) is 4.90 Å². The summed E-state index contributed by atoms with van der Waals surface area (Å²) >= 11 is 0. The largest absolute Gasteiger partial charge is 0.391 e. The van der Waals surface area contributed by atoms with Crippen molar-refractivity contribution in [3.05, 3.63) is 12.2 Å². The molecule has 0 saturated heterocycles. The highest BCUT2D eigenvalue weighted by Crippen LogP contribution is 2.16. The molecule has 1 aliphatic rings. The molecule has 78 valence electrons. The Balaban J connectivity index is 2.78. The van der Waals surface area contributed by atoms with Gasteiger partial charge in [0.25, 0.3) is 11.8 Å². The van der Waals surface area contributed by atoms with Crippen LogP contribution < -0.4 is 0 Å². The van der Waals surface area contributed by atoms with Gasteiger partial charge in [0.05, 0.1) is 12.1 Å². The van der Waals surface area contributed by atoms with E-state index < -0.39 is 12.1 Å². The lowest BCUT2D eigenvalue weighted by molar-refractivity contribution is -0.142. The molecule has 0 aromatic carbocycles. The maximum absolute atomic E-state index is 11.3. The molecule has 0 aliphatic carbocycles. The Morgan fingerprint density at radius 3 is 2.21 bits per heavy atom. The third-order valence-electron chi connectivity index (χ3n) is 2.32. The van der Waals surface area contributed by atoms with E-state index in [0.717, 1.165) is 11.3 Å². The average Bonchev–Trinajstić information content (AvgIpc) is 2.43. The number of carbonyl (C=O) groups is 2. The number of amides is 2. The molecule has 0 aromatic rings. The zero-order valence-corrected chi connectivity index (χ0v) is 8.43.